The first kappa shape index (κ1) is 13.2. The SMILES string of the molecule is Cc1nc(CNCc2ccc(CCN)cc2)cs1. The summed E-state index contributed by atoms with van der Waals surface area (Å²) in [6, 6.07) is 8.61. The van der Waals surface area contributed by atoms with Crippen LogP contribution in [0, 0.1) is 6.92 Å². The molecule has 0 bridgehead atoms. The minimum Gasteiger partial charge on any atom is -0.330 e. The molecule has 2 rings (SSSR count). The summed E-state index contributed by atoms with van der Waals surface area (Å²) in [6.07, 6.45) is 0.950. The molecule has 0 radical (unpaired) electrons. The van der Waals surface area contributed by atoms with E-state index in [1.54, 1.807) is 11.3 Å². The van der Waals surface area contributed by atoms with E-state index in [0.29, 0.717) is 6.54 Å². The Morgan fingerprint density at radius 1 is 1.17 bits per heavy atom. The third-order valence-electron chi connectivity index (χ3n) is 2.76. The van der Waals surface area contributed by atoms with Crippen LogP contribution >= 0.6 is 11.3 Å². The molecular formula is C14H19N3S. The standard InChI is InChI=1S/C14H19N3S/c1-11-17-14(10-18-11)9-16-8-13-4-2-12(3-5-13)6-7-15/h2-5,10,16H,6-9,15H2,1H3. The van der Waals surface area contributed by atoms with E-state index in [4.69, 9.17) is 5.73 Å². The van der Waals surface area contributed by atoms with Crippen molar-refractivity contribution in [2.24, 2.45) is 5.73 Å². The highest BCUT2D eigenvalue weighted by atomic mass is 32.1. The fourth-order valence-electron chi connectivity index (χ4n) is 1.81. The maximum absolute atomic E-state index is 5.53. The van der Waals surface area contributed by atoms with Crippen LogP contribution in [0.25, 0.3) is 0 Å². The molecule has 0 spiro atoms. The van der Waals surface area contributed by atoms with Crippen molar-refractivity contribution in [1.82, 2.24) is 10.3 Å². The van der Waals surface area contributed by atoms with E-state index >= 15 is 0 Å². The summed E-state index contributed by atoms with van der Waals surface area (Å²) >= 11 is 1.70. The van der Waals surface area contributed by atoms with E-state index in [0.717, 1.165) is 30.2 Å². The highest BCUT2D eigenvalue weighted by molar-refractivity contribution is 7.09. The molecule has 18 heavy (non-hydrogen) atoms. The van der Waals surface area contributed by atoms with Gasteiger partial charge >= 0.3 is 0 Å². The Kier molecular flexibility index (Phi) is 4.87. The average molecular weight is 261 g/mol. The molecular weight excluding hydrogens is 242 g/mol. The Morgan fingerprint density at radius 3 is 2.50 bits per heavy atom. The third kappa shape index (κ3) is 3.91. The number of rotatable bonds is 6. The monoisotopic (exact) mass is 261 g/mol. The molecule has 0 fully saturated rings. The van der Waals surface area contributed by atoms with Gasteiger partial charge in [-0.25, -0.2) is 4.98 Å². The summed E-state index contributed by atoms with van der Waals surface area (Å²) < 4.78 is 0. The van der Waals surface area contributed by atoms with Crippen molar-refractivity contribution in [3.8, 4) is 0 Å². The Morgan fingerprint density at radius 2 is 1.89 bits per heavy atom. The lowest BCUT2D eigenvalue weighted by atomic mass is 10.1. The Labute approximate surface area is 112 Å². The molecule has 3 N–H and O–H groups in total. The minimum atomic E-state index is 0.709. The lowest BCUT2D eigenvalue weighted by Gasteiger charge is -2.04. The summed E-state index contributed by atoms with van der Waals surface area (Å²) in [6.45, 7) is 4.44. The molecule has 1 heterocycles. The highest BCUT2D eigenvalue weighted by Crippen LogP contribution is 2.08. The molecule has 2 aromatic rings. The number of hydrogen-bond acceptors (Lipinski definition) is 4. The number of benzene rings is 1. The largest absolute Gasteiger partial charge is 0.330 e. The van der Waals surface area contributed by atoms with Crippen molar-refractivity contribution < 1.29 is 0 Å². The number of thiazole rings is 1. The number of hydrogen-bond donors (Lipinski definition) is 2. The van der Waals surface area contributed by atoms with Crippen molar-refractivity contribution in [2.45, 2.75) is 26.4 Å². The van der Waals surface area contributed by atoms with Crippen LogP contribution in [0.5, 0.6) is 0 Å². The minimum absolute atomic E-state index is 0.709. The maximum Gasteiger partial charge on any atom is 0.0897 e. The first-order chi connectivity index (χ1) is 8.78. The number of nitrogens with one attached hydrogen (secondary N) is 1. The van der Waals surface area contributed by atoms with E-state index in [-0.39, 0.29) is 0 Å². The molecule has 4 heteroatoms. The Balaban J connectivity index is 1.79. The first-order valence-electron chi connectivity index (χ1n) is 6.17. The van der Waals surface area contributed by atoms with Crippen LogP contribution in [0.2, 0.25) is 0 Å². The number of nitrogens with two attached hydrogens (primary N) is 1. The van der Waals surface area contributed by atoms with Crippen molar-refractivity contribution in [2.75, 3.05) is 6.54 Å². The van der Waals surface area contributed by atoms with Crippen molar-refractivity contribution >= 4 is 11.3 Å². The Bertz CT molecular complexity index is 476. The van der Waals surface area contributed by atoms with Gasteiger partial charge < -0.3 is 11.1 Å². The van der Waals surface area contributed by atoms with Gasteiger partial charge in [0.25, 0.3) is 0 Å². The predicted molar refractivity (Wildman–Crippen MR) is 76.6 cm³/mol. The van der Waals surface area contributed by atoms with Crippen molar-refractivity contribution in [3.63, 3.8) is 0 Å². The fourth-order valence-corrected chi connectivity index (χ4v) is 2.43. The van der Waals surface area contributed by atoms with Crippen LogP contribution in [0.15, 0.2) is 29.6 Å². The molecule has 1 aromatic carbocycles. The zero-order valence-corrected chi connectivity index (χ0v) is 11.5. The van der Waals surface area contributed by atoms with E-state index in [9.17, 15) is 0 Å². The molecule has 0 atom stereocenters. The molecule has 3 nitrogen and oxygen atoms in total. The predicted octanol–water partition coefficient (Wildman–Crippen LogP) is 2.24. The third-order valence-corrected chi connectivity index (χ3v) is 3.58. The van der Waals surface area contributed by atoms with Crippen LogP contribution < -0.4 is 11.1 Å². The zero-order chi connectivity index (χ0) is 12.8. The molecule has 96 valence electrons. The quantitative estimate of drug-likeness (QED) is 0.838. The molecule has 0 aliphatic rings. The topological polar surface area (TPSA) is 50.9 Å². The van der Waals surface area contributed by atoms with Crippen LogP contribution in [0.4, 0.5) is 0 Å². The van der Waals surface area contributed by atoms with Gasteiger partial charge in [-0.2, -0.15) is 0 Å². The van der Waals surface area contributed by atoms with Crippen LogP contribution in [0.1, 0.15) is 21.8 Å². The van der Waals surface area contributed by atoms with E-state index in [2.05, 4.69) is 39.9 Å². The van der Waals surface area contributed by atoms with Gasteiger partial charge in [0.05, 0.1) is 10.7 Å². The molecule has 0 aliphatic carbocycles. The van der Waals surface area contributed by atoms with Gasteiger partial charge in [-0.1, -0.05) is 24.3 Å². The summed E-state index contributed by atoms with van der Waals surface area (Å²) in [4.78, 5) is 4.42. The van der Waals surface area contributed by atoms with E-state index in [1.165, 1.54) is 11.1 Å². The molecule has 0 unspecified atom stereocenters. The fraction of sp³-hybridized carbons (Fsp3) is 0.357. The van der Waals surface area contributed by atoms with Gasteiger partial charge in [0, 0.05) is 18.5 Å². The van der Waals surface area contributed by atoms with Gasteiger partial charge in [0.15, 0.2) is 0 Å². The molecule has 0 saturated heterocycles. The van der Waals surface area contributed by atoms with Crippen LogP contribution in [-0.2, 0) is 19.5 Å². The lowest BCUT2D eigenvalue weighted by Crippen LogP contribution is -2.13. The summed E-state index contributed by atoms with van der Waals surface area (Å²) in [5.41, 5.74) is 9.25. The second-order valence-corrected chi connectivity index (χ2v) is 5.38. The Hall–Kier alpha value is -1.23. The average Bonchev–Trinajstić information content (AvgIpc) is 2.78. The highest BCUT2D eigenvalue weighted by Gasteiger charge is 1.98. The lowest BCUT2D eigenvalue weighted by molar-refractivity contribution is 0.681. The second kappa shape index (κ2) is 6.64. The summed E-state index contributed by atoms with van der Waals surface area (Å²) in [5, 5.41) is 6.63. The molecule has 0 aliphatic heterocycles. The zero-order valence-electron chi connectivity index (χ0n) is 10.6. The molecule has 0 saturated carbocycles. The smallest absolute Gasteiger partial charge is 0.0897 e. The van der Waals surface area contributed by atoms with Gasteiger partial charge in [-0.05, 0) is 31.0 Å². The van der Waals surface area contributed by atoms with Crippen molar-refractivity contribution in [3.05, 3.63) is 51.5 Å². The van der Waals surface area contributed by atoms with Gasteiger partial charge in [0.2, 0.25) is 0 Å². The van der Waals surface area contributed by atoms with Gasteiger partial charge in [0.1, 0.15) is 0 Å². The summed E-state index contributed by atoms with van der Waals surface area (Å²) in [5.74, 6) is 0. The van der Waals surface area contributed by atoms with Crippen LogP contribution in [-0.4, -0.2) is 11.5 Å². The second-order valence-electron chi connectivity index (χ2n) is 4.32. The normalized spacial score (nSPS) is 10.8. The van der Waals surface area contributed by atoms with Crippen molar-refractivity contribution in [1.29, 1.82) is 0 Å². The van der Waals surface area contributed by atoms with Gasteiger partial charge in [-0.15, -0.1) is 11.3 Å². The first-order valence-corrected chi connectivity index (χ1v) is 7.05. The number of aryl methyl sites for hydroxylation is 1. The molecule has 0 amide bonds. The number of nitrogens with zero attached hydrogens (tertiary/aromatic N) is 1. The molecule has 1 aromatic heterocycles. The van der Waals surface area contributed by atoms with Crippen LogP contribution in [0.3, 0.4) is 0 Å². The van der Waals surface area contributed by atoms with Gasteiger partial charge in [-0.3, -0.25) is 0 Å². The number of aromatic nitrogens is 1. The van der Waals surface area contributed by atoms with E-state index in [1.807, 2.05) is 6.92 Å². The van der Waals surface area contributed by atoms with E-state index < -0.39 is 0 Å². The maximum atomic E-state index is 5.53. The summed E-state index contributed by atoms with van der Waals surface area (Å²) in [7, 11) is 0.